The second kappa shape index (κ2) is 5.22. The first-order chi connectivity index (χ1) is 9.29. The average molecular weight is 315 g/mol. The SMILES string of the molecule is Cc1ccc(NS(=O)(=O)c2ccc(C(=O)O)s2)c(F)c1. The molecule has 8 heteroatoms. The van der Waals surface area contributed by atoms with E-state index < -0.39 is 21.8 Å². The number of carboxylic acid groups (broad SMARTS) is 1. The molecule has 0 unspecified atom stereocenters. The summed E-state index contributed by atoms with van der Waals surface area (Å²) in [5.74, 6) is -1.90. The van der Waals surface area contributed by atoms with Crippen LogP contribution in [0.5, 0.6) is 0 Å². The van der Waals surface area contributed by atoms with Crippen molar-refractivity contribution in [3.63, 3.8) is 0 Å². The Hall–Kier alpha value is -1.93. The summed E-state index contributed by atoms with van der Waals surface area (Å²) in [5, 5.41) is 8.76. The fourth-order valence-electron chi connectivity index (χ4n) is 1.48. The van der Waals surface area contributed by atoms with Gasteiger partial charge in [0, 0.05) is 0 Å². The molecule has 2 N–H and O–H groups in total. The molecular weight excluding hydrogens is 305 g/mol. The average Bonchev–Trinajstić information content (AvgIpc) is 2.83. The van der Waals surface area contributed by atoms with Crippen molar-refractivity contribution in [3.8, 4) is 0 Å². The number of aromatic carboxylic acids is 1. The van der Waals surface area contributed by atoms with Gasteiger partial charge in [-0.15, -0.1) is 11.3 Å². The molecule has 20 heavy (non-hydrogen) atoms. The second-order valence-corrected chi connectivity index (χ2v) is 7.01. The van der Waals surface area contributed by atoms with Gasteiger partial charge >= 0.3 is 5.97 Å². The molecule has 0 saturated heterocycles. The first kappa shape index (κ1) is 14.5. The number of nitrogens with one attached hydrogen (secondary N) is 1. The molecule has 0 amide bonds. The van der Waals surface area contributed by atoms with E-state index >= 15 is 0 Å². The third kappa shape index (κ3) is 2.97. The smallest absolute Gasteiger partial charge is 0.345 e. The van der Waals surface area contributed by atoms with Crippen LogP contribution in [-0.4, -0.2) is 19.5 Å². The maximum absolute atomic E-state index is 13.6. The molecule has 106 valence electrons. The Morgan fingerprint density at radius 1 is 1.30 bits per heavy atom. The molecule has 0 fully saturated rings. The zero-order valence-corrected chi connectivity index (χ0v) is 11.9. The normalized spacial score (nSPS) is 11.3. The summed E-state index contributed by atoms with van der Waals surface area (Å²) in [4.78, 5) is 10.6. The van der Waals surface area contributed by atoms with Crippen molar-refractivity contribution in [3.05, 3.63) is 46.6 Å². The number of benzene rings is 1. The van der Waals surface area contributed by atoms with Gasteiger partial charge in [-0.1, -0.05) is 6.07 Å². The van der Waals surface area contributed by atoms with Gasteiger partial charge in [0.2, 0.25) is 0 Å². The van der Waals surface area contributed by atoms with Crippen LogP contribution < -0.4 is 4.72 Å². The summed E-state index contributed by atoms with van der Waals surface area (Å²) in [6.45, 7) is 1.68. The Kier molecular flexibility index (Phi) is 3.78. The summed E-state index contributed by atoms with van der Waals surface area (Å²) in [6.07, 6.45) is 0. The predicted octanol–water partition coefficient (Wildman–Crippen LogP) is 2.69. The van der Waals surface area contributed by atoms with Crippen LogP contribution in [0.1, 0.15) is 15.2 Å². The van der Waals surface area contributed by atoms with Crippen LogP contribution in [0, 0.1) is 12.7 Å². The van der Waals surface area contributed by atoms with Crippen molar-refractivity contribution >= 4 is 33.0 Å². The zero-order chi connectivity index (χ0) is 14.9. The summed E-state index contributed by atoms with van der Waals surface area (Å²) >= 11 is 0.604. The molecule has 0 atom stereocenters. The number of carbonyl (C=O) groups is 1. The van der Waals surface area contributed by atoms with Gasteiger partial charge in [-0.3, -0.25) is 4.72 Å². The molecule has 1 heterocycles. The number of aryl methyl sites for hydroxylation is 1. The number of anilines is 1. The Balaban J connectivity index is 2.33. The van der Waals surface area contributed by atoms with Crippen molar-refractivity contribution in [2.75, 3.05) is 4.72 Å². The van der Waals surface area contributed by atoms with Crippen molar-refractivity contribution in [2.45, 2.75) is 11.1 Å². The quantitative estimate of drug-likeness (QED) is 0.908. The zero-order valence-electron chi connectivity index (χ0n) is 10.3. The van der Waals surface area contributed by atoms with Gasteiger partial charge in [0.1, 0.15) is 14.9 Å². The van der Waals surface area contributed by atoms with Gasteiger partial charge in [-0.2, -0.15) is 0 Å². The molecule has 0 saturated carbocycles. The maximum Gasteiger partial charge on any atom is 0.345 e. The standard InChI is InChI=1S/C12H10FNO4S2/c1-7-2-3-9(8(13)6-7)14-20(17,18)11-5-4-10(19-11)12(15)16/h2-6,14H,1H3,(H,15,16). The molecular formula is C12H10FNO4S2. The number of sulfonamides is 1. The largest absolute Gasteiger partial charge is 0.477 e. The van der Waals surface area contributed by atoms with Crippen molar-refractivity contribution in [1.29, 1.82) is 0 Å². The maximum atomic E-state index is 13.6. The second-order valence-electron chi connectivity index (χ2n) is 4.01. The summed E-state index contributed by atoms with van der Waals surface area (Å²) in [6, 6.07) is 6.44. The molecule has 1 aromatic carbocycles. The number of thiophene rings is 1. The highest BCUT2D eigenvalue weighted by Gasteiger charge is 2.20. The lowest BCUT2D eigenvalue weighted by Gasteiger charge is -2.07. The molecule has 1 aromatic heterocycles. The van der Waals surface area contributed by atoms with E-state index in [-0.39, 0.29) is 14.8 Å². The first-order valence-electron chi connectivity index (χ1n) is 5.42. The molecule has 2 aromatic rings. The molecule has 0 radical (unpaired) electrons. The van der Waals surface area contributed by atoms with Crippen molar-refractivity contribution < 1.29 is 22.7 Å². The van der Waals surface area contributed by atoms with E-state index in [2.05, 4.69) is 4.72 Å². The summed E-state index contributed by atoms with van der Waals surface area (Å²) in [5.41, 5.74) is 0.482. The lowest BCUT2D eigenvalue weighted by molar-refractivity contribution is 0.0702. The third-order valence-corrected chi connectivity index (χ3v) is 5.36. The van der Waals surface area contributed by atoms with Crippen LogP contribution >= 0.6 is 11.3 Å². The number of rotatable bonds is 4. The first-order valence-corrected chi connectivity index (χ1v) is 7.71. The van der Waals surface area contributed by atoms with Gasteiger partial charge in [0.05, 0.1) is 5.69 Å². The Labute approximate surface area is 118 Å². The summed E-state index contributed by atoms with van der Waals surface area (Å²) < 4.78 is 39.6. The van der Waals surface area contributed by atoms with E-state index in [0.29, 0.717) is 16.9 Å². The fraction of sp³-hybridized carbons (Fsp3) is 0.0833. The predicted molar refractivity (Wildman–Crippen MR) is 73.2 cm³/mol. The monoisotopic (exact) mass is 315 g/mol. The number of hydrogen-bond donors (Lipinski definition) is 2. The van der Waals surface area contributed by atoms with Crippen molar-refractivity contribution in [2.24, 2.45) is 0 Å². The molecule has 2 rings (SSSR count). The minimum absolute atomic E-state index is 0.102. The topological polar surface area (TPSA) is 83.5 Å². The van der Waals surface area contributed by atoms with E-state index in [1.807, 2.05) is 0 Å². The molecule has 0 spiro atoms. The van der Waals surface area contributed by atoms with E-state index in [1.54, 1.807) is 13.0 Å². The van der Waals surface area contributed by atoms with E-state index in [9.17, 15) is 17.6 Å². The van der Waals surface area contributed by atoms with Gasteiger partial charge in [-0.25, -0.2) is 17.6 Å². The highest BCUT2D eigenvalue weighted by Crippen LogP contribution is 2.25. The Morgan fingerprint density at radius 2 is 2.00 bits per heavy atom. The number of carboxylic acids is 1. The number of hydrogen-bond acceptors (Lipinski definition) is 4. The highest BCUT2D eigenvalue weighted by molar-refractivity contribution is 7.94. The summed E-state index contributed by atoms with van der Waals surface area (Å²) in [7, 11) is -4.00. The highest BCUT2D eigenvalue weighted by atomic mass is 32.2. The lowest BCUT2D eigenvalue weighted by Crippen LogP contribution is -2.12. The van der Waals surface area contributed by atoms with Crippen LogP contribution in [0.3, 0.4) is 0 Å². The minimum Gasteiger partial charge on any atom is -0.477 e. The van der Waals surface area contributed by atoms with Gasteiger partial charge < -0.3 is 5.11 Å². The van der Waals surface area contributed by atoms with Crippen molar-refractivity contribution in [1.82, 2.24) is 0 Å². The Bertz CT molecular complexity index is 768. The number of halogens is 1. The molecule has 5 nitrogen and oxygen atoms in total. The lowest BCUT2D eigenvalue weighted by atomic mass is 10.2. The van der Waals surface area contributed by atoms with Crippen LogP contribution in [0.15, 0.2) is 34.5 Å². The molecule has 0 aliphatic rings. The van der Waals surface area contributed by atoms with Crippen LogP contribution in [0.2, 0.25) is 0 Å². The third-order valence-electron chi connectivity index (χ3n) is 2.43. The van der Waals surface area contributed by atoms with E-state index in [0.717, 1.165) is 0 Å². The van der Waals surface area contributed by atoms with Gasteiger partial charge in [0.15, 0.2) is 0 Å². The van der Waals surface area contributed by atoms with Gasteiger partial charge in [0.25, 0.3) is 10.0 Å². The Morgan fingerprint density at radius 3 is 2.55 bits per heavy atom. The fourth-order valence-corrected chi connectivity index (χ4v) is 3.69. The molecule has 0 aliphatic heterocycles. The van der Waals surface area contributed by atoms with E-state index in [1.165, 1.54) is 24.3 Å². The molecule has 0 bridgehead atoms. The van der Waals surface area contributed by atoms with Crippen LogP contribution in [0.4, 0.5) is 10.1 Å². The minimum atomic E-state index is -4.00. The molecule has 0 aliphatic carbocycles. The van der Waals surface area contributed by atoms with Gasteiger partial charge in [-0.05, 0) is 36.8 Å². The van der Waals surface area contributed by atoms with Crippen LogP contribution in [-0.2, 0) is 10.0 Å². The van der Waals surface area contributed by atoms with Crippen LogP contribution in [0.25, 0.3) is 0 Å². The van der Waals surface area contributed by atoms with E-state index in [4.69, 9.17) is 5.11 Å².